The normalized spacial score (nSPS) is 38.8. The molecule has 182 valence electrons. The number of likely N-dealkylation sites (tertiary alicyclic amines) is 2. The first-order valence-corrected chi connectivity index (χ1v) is 13.4. The minimum Gasteiger partial charge on any atom is -0.508 e. The van der Waals surface area contributed by atoms with E-state index in [4.69, 9.17) is 0 Å². The molecule has 4 aliphatic carbocycles. The molecule has 7 nitrogen and oxygen atoms in total. The molecule has 0 radical (unpaired) electrons. The fraction of sp³-hybridized carbons (Fsp3) is 0.607. The zero-order chi connectivity index (χ0) is 23.5. The van der Waals surface area contributed by atoms with Crippen molar-refractivity contribution in [3.63, 3.8) is 0 Å². The molecule has 5 fully saturated rings. The molecule has 2 aliphatic heterocycles. The molecule has 1 aromatic heterocycles. The molecule has 6 aliphatic rings. The monoisotopic (exact) mass is 472 g/mol. The number of fused-ring (bicyclic) bond motifs is 1. The molecule has 0 unspecified atom stereocenters. The fourth-order valence-electron chi connectivity index (χ4n) is 9.82. The second-order valence-corrected chi connectivity index (χ2v) is 12.2. The minimum absolute atomic E-state index is 0.00317. The molecule has 2 saturated heterocycles. The highest BCUT2D eigenvalue weighted by atomic mass is 16.3. The van der Waals surface area contributed by atoms with Crippen LogP contribution in [0.4, 0.5) is 0 Å². The van der Waals surface area contributed by atoms with E-state index in [0.717, 1.165) is 51.1 Å². The number of aromatic amines is 1. The Bertz CT molecular complexity index is 1300. The second-order valence-electron chi connectivity index (χ2n) is 12.2. The van der Waals surface area contributed by atoms with Crippen LogP contribution >= 0.6 is 0 Å². The van der Waals surface area contributed by atoms with Crippen molar-refractivity contribution >= 4 is 5.91 Å². The Morgan fingerprint density at radius 1 is 1.23 bits per heavy atom. The highest BCUT2D eigenvalue weighted by Gasteiger charge is 2.76. The third kappa shape index (κ3) is 2.48. The van der Waals surface area contributed by atoms with Gasteiger partial charge in [-0.25, -0.2) is 4.98 Å². The van der Waals surface area contributed by atoms with Gasteiger partial charge in [0.15, 0.2) is 5.69 Å². The largest absolute Gasteiger partial charge is 0.508 e. The van der Waals surface area contributed by atoms with Crippen molar-refractivity contribution in [3.8, 4) is 5.75 Å². The average Bonchev–Trinajstić information content (AvgIpc) is 3.54. The highest BCUT2D eigenvalue weighted by molar-refractivity contribution is 5.92. The molecule has 3 saturated carbocycles. The van der Waals surface area contributed by atoms with Crippen LogP contribution in [0.3, 0.4) is 0 Å². The van der Waals surface area contributed by atoms with Crippen molar-refractivity contribution in [2.45, 2.75) is 62.4 Å². The van der Waals surface area contributed by atoms with E-state index in [1.807, 2.05) is 11.0 Å². The van der Waals surface area contributed by atoms with Crippen LogP contribution in [0.5, 0.6) is 5.75 Å². The van der Waals surface area contributed by atoms with E-state index >= 15 is 0 Å². The Morgan fingerprint density at radius 3 is 2.94 bits per heavy atom. The third-order valence-corrected chi connectivity index (χ3v) is 10.9. The first-order valence-electron chi connectivity index (χ1n) is 13.4. The van der Waals surface area contributed by atoms with E-state index in [0.29, 0.717) is 23.6 Å². The van der Waals surface area contributed by atoms with Crippen LogP contribution in [0, 0.1) is 23.2 Å². The van der Waals surface area contributed by atoms with Gasteiger partial charge < -0.3 is 15.0 Å². The third-order valence-electron chi connectivity index (χ3n) is 10.9. The van der Waals surface area contributed by atoms with Crippen molar-refractivity contribution in [1.29, 1.82) is 0 Å². The number of nitrogens with one attached hydrogen (secondary N) is 1. The molecule has 35 heavy (non-hydrogen) atoms. The van der Waals surface area contributed by atoms with Crippen LogP contribution in [0.2, 0.25) is 0 Å². The van der Waals surface area contributed by atoms with Gasteiger partial charge in [0, 0.05) is 43.0 Å². The minimum atomic E-state index is -0.403. The Labute approximate surface area is 204 Å². The van der Waals surface area contributed by atoms with Crippen LogP contribution in [-0.4, -0.2) is 62.5 Å². The van der Waals surface area contributed by atoms with Crippen molar-refractivity contribution < 1.29 is 9.90 Å². The lowest BCUT2D eigenvalue weighted by Gasteiger charge is -2.66. The van der Waals surface area contributed by atoms with E-state index < -0.39 is 5.56 Å². The molecule has 2 N–H and O–H groups in total. The predicted octanol–water partition coefficient (Wildman–Crippen LogP) is 2.69. The number of phenolic OH excluding ortho intramolecular Hbond substituents is 1. The highest BCUT2D eigenvalue weighted by Crippen LogP contribution is 2.75. The van der Waals surface area contributed by atoms with Gasteiger partial charge in [0.05, 0.1) is 0 Å². The number of hydrogen-bond acceptors (Lipinski definition) is 5. The first-order chi connectivity index (χ1) is 17.0. The zero-order valence-corrected chi connectivity index (χ0v) is 19.9. The molecule has 1 aromatic carbocycles. The zero-order valence-electron chi connectivity index (χ0n) is 19.9. The van der Waals surface area contributed by atoms with Gasteiger partial charge in [0.1, 0.15) is 5.75 Å². The molecule has 3 heterocycles. The van der Waals surface area contributed by atoms with Crippen LogP contribution in [-0.2, 0) is 11.8 Å². The maximum Gasteiger partial charge on any atom is 0.279 e. The van der Waals surface area contributed by atoms with E-state index in [1.165, 1.54) is 42.9 Å². The van der Waals surface area contributed by atoms with Crippen LogP contribution in [0.25, 0.3) is 0 Å². The van der Waals surface area contributed by atoms with Gasteiger partial charge in [-0.05, 0) is 97.9 Å². The van der Waals surface area contributed by atoms with Crippen molar-refractivity contribution in [3.05, 3.63) is 57.8 Å². The van der Waals surface area contributed by atoms with Gasteiger partial charge in [0.2, 0.25) is 0 Å². The number of nitrogens with zero attached hydrogens (tertiary/aromatic N) is 3. The topological polar surface area (TPSA) is 89.5 Å². The van der Waals surface area contributed by atoms with E-state index in [9.17, 15) is 14.7 Å². The molecular weight excluding hydrogens is 440 g/mol. The summed E-state index contributed by atoms with van der Waals surface area (Å²) in [6, 6.07) is 6.78. The van der Waals surface area contributed by atoms with Crippen LogP contribution in [0.1, 0.15) is 60.1 Å². The van der Waals surface area contributed by atoms with E-state index in [-0.39, 0.29) is 28.5 Å². The summed E-state index contributed by atoms with van der Waals surface area (Å²) in [7, 11) is 0. The number of amides is 1. The van der Waals surface area contributed by atoms with E-state index in [1.54, 1.807) is 0 Å². The Balaban J connectivity index is 1.25. The Kier molecular flexibility index (Phi) is 3.96. The van der Waals surface area contributed by atoms with Gasteiger partial charge in [0.25, 0.3) is 11.5 Å². The summed E-state index contributed by atoms with van der Waals surface area (Å²) in [6.45, 7) is 3.07. The summed E-state index contributed by atoms with van der Waals surface area (Å²) in [5, 5.41) is 10.6. The van der Waals surface area contributed by atoms with Crippen LogP contribution < -0.4 is 5.56 Å². The summed E-state index contributed by atoms with van der Waals surface area (Å²) >= 11 is 0. The molecule has 7 heteroatoms. The second kappa shape index (κ2) is 6.75. The fourth-order valence-corrected chi connectivity index (χ4v) is 9.82. The summed E-state index contributed by atoms with van der Waals surface area (Å²) in [6.07, 6.45) is 11.2. The maximum absolute atomic E-state index is 13.6. The standard InChI is InChI=1S/C28H32N4O3/c33-19-4-3-17-11-22-27-6-5-21-23(28(27,20(17)12-19)7-10-31(22)14-16-1-2-16)18(13-27)15-32(21)26(35)24-25(34)30-9-8-29-24/h3-4,8-9,12,16,18,21-23,33H,1-2,5-7,10-11,13-15H2,(H,30,34)/t18-,21-,22-,23-,27-,28+/m1/s1. The van der Waals surface area contributed by atoms with Crippen molar-refractivity contribution in [2.24, 2.45) is 23.2 Å². The van der Waals surface area contributed by atoms with Gasteiger partial charge in [-0.15, -0.1) is 0 Å². The molecule has 1 amide bonds. The lowest BCUT2D eigenvalue weighted by Crippen LogP contribution is -2.70. The Morgan fingerprint density at radius 2 is 2.11 bits per heavy atom. The number of aromatic hydroxyl groups is 1. The molecular formula is C28H32N4O3. The molecule has 0 spiro atoms. The summed E-state index contributed by atoms with van der Waals surface area (Å²) in [5.41, 5.74) is 2.60. The SMILES string of the molecule is O=C(c1ncc[nH]c1=O)N1C[C@H]2C[C@@]34CC[C@@H]1[C@@H]2[C@@]31CCN(CC2CC2)[C@@H]4Cc2ccc(O)cc21. The number of H-pyrrole nitrogens is 1. The smallest absolute Gasteiger partial charge is 0.279 e. The van der Waals surface area contributed by atoms with Gasteiger partial charge in [-0.1, -0.05) is 6.07 Å². The average molecular weight is 473 g/mol. The number of carbonyl (C=O) groups excluding carboxylic acids is 1. The van der Waals surface area contributed by atoms with Crippen molar-refractivity contribution in [2.75, 3.05) is 19.6 Å². The van der Waals surface area contributed by atoms with Crippen LogP contribution in [0.15, 0.2) is 35.4 Å². The summed E-state index contributed by atoms with van der Waals surface area (Å²) in [5.74, 6) is 1.84. The first kappa shape index (κ1) is 20.5. The number of phenols is 1. The number of carbonyl (C=O) groups is 1. The molecule has 6 atom stereocenters. The lowest BCUT2D eigenvalue weighted by atomic mass is 9.43. The number of piperidine rings is 1. The summed E-state index contributed by atoms with van der Waals surface area (Å²) < 4.78 is 0. The van der Waals surface area contributed by atoms with E-state index in [2.05, 4.69) is 27.0 Å². The van der Waals surface area contributed by atoms with Crippen molar-refractivity contribution in [1.82, 2.24) is 19.8 Å². The Hall–Kier alpha value is -2.67. The summed E-state index contributed by atoms with van der Waals surface area (Å²) in [4.78, 5) is 37.6. The van der Waals surface area contributed by atoms with Gasteiger partial charge in [-0.2, -0.15) is 0 Å². The molecule has 8 rings (SSSR count). The van der Waals surface area contributed by atoms with Gasteiger partial charge in [-0.3, -0.25) is 14.5 Å². The van der Waals surface area contributed by atoms with Gasteiger partial charge >= 0.3 is 0 Å². The predicted molar refractivity (Wildman–Crippen MR) is 129 cm³/mol. The molecule has 2 aromatic rings. The number of rotatable bonds is 3. The lowest BCUT2D eigenvalue weighted by molar-refractivity contribution is -0.102. The number of benzene rings is 1. The maximum atomic E-state index is 13.6. The quantitative estimate of drug-likeness (QED) is 0.717. The number of aromatic nitrogens is 2. The molecule has 4 bridgehead atoms. The number of hydrogen-bond donors (Lipinski definition) is 2.